The van der Waals surface area contributed by atoms with Gasteiger partial charge in [0.05, 0.1) is 33.6 Å². The maximum absolute atomic E-state index is 12.5. The molecule has 210 valence electrons. The molecule has 8 bridgehead atoms. The van der Waals surface area contributed by atoms with Gasteiger partial charge in [-0.25, -0.2) is 24.2 Å². The first-order valence-corrected chi connectivity index (χ1v) is 12.6. The first-order chi connectivity index (χ1) is 20.1. The number of nitrogens with one attached hydrogen (secondary N) is 2. The van der Waals surface area contributed by atoms with Gasteiger partial charge < -0.3 is 30.4 Å². The van der Waals surface area contributed by atoms with Crippen LogP contribution < -0.4 is 0 Å². The van der Waals surface area contributed by atoms with E-state index in [9.17, 15) is 39.6 Å². The number of fused-ring (bicyclic) bond motifs is 8. The molecule has 0 radical (unpaired) electrons. The molecule has 2 aliphatic heterocycles. The molecule has 4 aromatic rings. The van der Waals surface area contributed by atoms with E-state index in [0.717, 1.165) is 28.5 Å². The van der Waals surface area contributed by atoms with E-state index in [-0.39, 0.29) is 40.7 Å². The summed E-state index contributed by atoms with van der Waals surface area (Å²) in [6.07, 6.45) is 4.83. The van der Waals surface area contributed by atoms with Gasteiger partial charge in [-0.1, -0.05) is 0 Å². The molecule has 13 heteroatoms. The van der Waals surface area contributed by atoms with Gasteiger partial charge in [-0.15, -0.1) is 0 Å². The molecule has 0 spiro atoms. The second-order valence-electron chi connectivity index (χ2n) is 9.71. The fraction of sp³-hybridized carbons (Fsp3) is 0.0667. The number of aryl methyl sites for hydroxylation is 2. The number of aromatic carboxylic acids is 4. The van der Waals surface area contributed by atoms with Crippen molar-refractivity contribution in [2.75, 3.05) is 0 Å². The summed E-state index contributed by atoms with van der Waals surface area (Å²) in [5, 5.41) is 39.5. The number of hydrogen-bond acceptors (Lipinski definition) is 6. The summed E-state index contributed by atoms with van der Waals surface area (Å²) >= 11 is 0. The van der Waals surface area contributed by atoms with Crippen LogP contribution in [0, 0.1) is 0 Å². The van der Waals surface area contributed by atoms with Crippen LogP contribution >= 0.6 is 0 Å². The van der Waals surface area contributed by atoms with Crippen LogP contribution in [0.3, 0.4) is 0 Å². The summed E-state index contributed by atoms with van der Waals surface area (Å²) < 4.78 is 0. The van der Waals surface area contributed by atoms with Crippen LogP contribution in [0.5, 0.6) is 0 Å². The van der Waals surface area contributed by atoms with E-state index in [0.29, 0.717) is 35.3 Å². The third-order valence-electron chi connectivity index (χ3n) is 6.94. The average Bonchev–Trinajstić information content (AvgIpc) is 3.72. The Bertz CT molecular complexity index is 2080. The Kier molecular flexibility index (Phi) is 7.76. The fourth-order valence-corrected chi connectivity index (χ4v) is 5.21. The van der Waals surface area contributed by atoms with Gasteiger partial charge in [0.25, 0.3) is 0 Å². The number of carbonyl (C=O) groups is 4. The molecule has 43 heavy (non-hydrogen) atoms. The van der Waals surface area contributed by atoms with Crippen LogP contribution in [0.2, 0.25) is 0 Å². The summed E-state index contributed by atoms with van der Waals surface area (Å²) in [7, 11) is 0. The number of nitrogens with zero attached hydrogens (tertiary/aromatic N) is 2. The number of H-pyrrole nitrogens is 2. The summed E-state index contributed by atoms with van der Waals surface area (Å²) in [6, 6.07) is 13.4. The summed E-state index contributed by atoms with van der Waals surface area (Å²) in [6.45, 7) is 0. The second kappa shape index (κ2) is 11.3. The van der Waals surface area contributed by atoms with Crippen molar-refractivity contribution in [1.82, 2.24) is 19.9 Å². The zero-order valence-electron chi connectivity index (χ0n) is 21.5. The second-order valence-corrected chi connectivity index (χ2v) is 9.71. The zero-order chi connectivity index (χ0) is 29.7. The van der Waals surface area contributed by atoms with Crippen LogP contribution in [-0.2, 0) is 12.8 Å². The average molecular weight is 589 g/mol. The summed E-state index contributed by atoms with van der Waals surface area (Å²) in [4.78, 5) is 64.5. The molecule has 5 heterocycles. The summed E-state index contributed by atoms with van der Waals surface area (Å²) in [5.74, 6) is -7.23. The van der Waals surface area contributed by atoms with Crippen LogP contribution in [0.15, 0.2) is 48.5 Å². The SMILES string of the molecule is O=C(O)c1cc(-c2cc3cc4nc(cc5ccc(cc6nc(cc2[nH]3)C=C6)[nH]5)CC4)c(C(=O)O)c(C(=O)O)c1C(=O)O.[NaH]. The normalized spacial score (nSPS) is 12.0. The van der Waals surface area contributed by atoms with Gasteiger partial charge in [0, 0.05) is 44.6 Å². The molecule has 0 atom stereocenters. The first-order valence-electron chi connectivity index (χ1n) is 12.6. The van der Waals surface area contributed by atoms with Crippen LogP contribution in [0.1, 0.15) is 64.2 Å². The number of carboxylic acid groups (broad SMARTS) is 4. The van der Waals surface area contributed by atoms with E-state index in [1.54, 1.807) is 30.4 Å². The number of aromatic amines is 2. The topological polar surface area (TPSA) is 207 Å². The van der Waals surface area contributed by atoms with E-state index in [1.165, 1.54) is 0 Å². The van der Waals surface area contributed by atoms with E-state index in [4.69, 9.17) is 0 Å². The zero-order valence-corrected chi connectivity index (χ0v) is 21.5. The molecular weight excluding hydrogens is 567 g/mol. The van der Waals surface area contributed by atoms with E-state index in [1.807, 2.05) is 24.3 Å². The van der Waals surface area contributed by atoms with E-state index >= 15 is 0 Å². The first kappa shape index (κ1) is 29.5. The van der Waals surface area contributed by atoms with Crippen LogP contribution in [0.25, 0.3) is 45.3 Å². The molecule has 2 aliphatic rings. The summed E-state index contributed by atoms with van der Waals surface area (Å²) in [5.41, 5.74) is 1.06. The number of hydrogen-bond donors (Lipinski definition) is 6. The van der Waals surface area contributed by atoms with Crippen molar-refractivity contribution in [2.45, 2.75) is 12.8 Å². The molecule has 1 aromatic carbocycles. The third kappa shape index (κ3) is 5.58. The molecular formula is C30H21N4NaO8. The van der Waals surface area contributed by atoms with Gasteiger partial charge in [0.2, 0.25) is 0 Å². The quantitative estimate of drug-likeness (QED) is 0.162. The van der Waals surface area contributed by atoms with Crippen molar-refractivity contribution in [3.63, 3.8) is 0 Å². The van der Waals surface area contributed by atoms with Crippen molar-refractivity contribution in [3.8, 4) is 11.1 Å². The van der Waals surface area contributed by atoms with Crippen molar-refractivity contribution in [2.24, 2.45) is 0 Å². The molecule has 0 amide bonds. The number of benzene rings is 1. The van der Waals surface area contributed by atoms with E-state index < -0.39 is 46.1 Å². The Labute approximate surface area is 263 Å². The van der Waals surface area contributed by atoms with Crippen molar-refractivity contribution in [3.05, 3.63) is 93.6 Å². The van der Waals surface area contributed by atoms with Crippen molar-refractivity contribution >= 4 is 87.7 Å². The van der Waals surface area contributed by atoms with Gasteiger partial charge >= 0.3 is 53.4 Å². The molecule has 3 aromatic heterocycles. The Morgan fingerprint density at radius 2 is 1.16 bits per heavy atom. The van der Waals surface area contributed by atoms with Gasteiger partial charge in [0.15, 0.2) is 0 Å². The van der Waals surface area contributed by atoms with E-state index in [2.05, 4.69) is 19.9 Å². The predicted octanol–water partition coefficient (Wildman–Crippen LogP) is 4.08. The fourth-order valence-electron chi connectivity index (χ4n) is 5.21. The van der Waals surface area contributed by atoms with Crippen LogP contribution in [-0.4, -0.2) is 93.8 Å². The van der Waals surface area contributed by atoms with Crippen molar-refractivity contribution < 1.29 is 39.6 Å². The Hall–Kier alpha value is -5.04. The predicted molar refractivity (Wildman–Crippen MR) is 158 cm³/mol. The maximum atomic E-state index is 12.5. The van der Waals surface area contributed by atoms with Gasteiger partial charge in [-0.05, 0) is 73.5 Å². The Morgan fingerprint density at radius 1 is 0.581 bits per heavy atom. The number of rotatable bonds is 5. The van der Waals surface area contributed by atoms with Crippen molar-refractivity contribution in [1.29, 1.82) is 0 Å². The van der Waals surface area contributed by atoms with Gasteiger partial charge in [0.1, 0.15) is 0 Å². The molecule has 6 rings (SSSR count). The standard InChI is InChI=1S/C30H20N4O8.Na.H/c35-27(36)22-12-21(24(28(37)38)26(30(41)42)25(22)29(39)40)20-10-19-9-17-4-3-15(32-17)7-13-1-2-14(31-13)8-16-5-6-18(33-16)11-23(20)34-19;;/h1-2,5-12,31,34H,3-4H2,(H,35,36)(H,37,38)(H,39,40)(H,41,42);;. The molecule has 0 saturated carbocycles. The minimum absolute atomic E-state index is 0. The molecule has 0 aliphatic carbocycles. The van der Waals surface area contributed by atoms with Crippen LogP contribution in [0.4, 0.5) is 0 Å². The molecule has 0 saturated heterocycles. The minimum atomic E-state index is -1.89. The Balaban J connectivity index is 0.00000368. The third-order valence-corrected chi connectivity index (χ3v) is 6.94. The van der Waals surface area contributed by atoms with Gasteiger partial charge in [-0.2, -0.15) is 0 Å². The number of carboxylic acids is 4. The Morgan fingerprint density at radius 3 is 1.77 bits per heavy atom. The number of aromatic nitrogens is 4. The monoisotopic (exact) mass is 588 g/mol. The van der Waals surface area contributed by atoms with Gasteiger partial charge in [-0.3, -0.25) is 4.98 Å². The molecule has 0 fully saturated rings. The molecule has 0 unspecified atom stereocenters. The molecule has 6 N–H and O–H groups in total. The molecule has 12 nitrogen and oxygen atoms in total.